The maximum absolute atomic E-state index is 14.4. The van der Waals surface area contributed by atoms with E-state index in [9.17, 15) is 9.18 Å². The number of carbonyl (C=O) groups is 1. The lowest BCUT2D eigenvalue weighted by Gasteiger charge is -2.09. The van der Waals surface area contributed by atoms with Gasteiger partial charge in [0.15, 0.2) is 5.78 Å². The smallest absolute Gasteiger partial charge is 0.170 e. The van der Waals surface area contributed by atoms with Crippen LogP contribution in [0.5, 0.6) is 5.75 Å². The van der Waals surface area contributed by atoms with Crippen LogP contribution in [0.15, 0.2) is 79.1 Å². The molecule has 4 aromatic rings. The summed E-state index contributed by atoms with van der Waals surface area (Å²) in [5.41, 5.74) is 2.47. The lowest BCUT2D eigenvalue weighted by molar-refractivity contribution is 0.0989. The van der Waals surface area contributed by atoms with Gasteiger partial charge in [-0.25, -0.2) is 9.37 Å². The highest BCUT2D eigenvalue weighted by atomic mass is 19.1. The van der Waals surface area contributed by atoms with Crippen molar-refractivity contribution in [1.29, 1.82) is 0 Å². The first-order chi connectivity index (χ1) is 13.7. The van der Waals surface area contributed by atoms with Gasteiger partial charge in [0, 0.05) is 30.3 Å². The molecule has 0 saturated carbocycles. The highest BCUT2D eigenvalue weighted by Gasteiger charge is 2.13. The van der Waals surface area contributed by atoms with Crippen molar-refractivity contribution in [3.63, 3.8) is 0 Å². The van der Waals surface area contributed by atoms with Crippen LogP contribution in [-0.4, -0.2) is 15.8 Å². The van der Waals surface area contributed by atoms with Crippen LogP contribution in [0, 0.1) is 5.82 Å². The van der Waals surface area contributed by atoms with Gasteiger partial charge < -0.3 is 4.74 Å². The number of halogens is 1. The normalized spacial score (nSPS) is 10.8. The van der Waals surface area contributed by atoms with Gasteiger partial charge in [-0.2, -0.15) is 0 Å². The number of fused-ring (bicyclic) bond motifs is 1. The Balaban J connectivity index is 1.44. The molecule has 0 atom stereocenters. The Bertz CT molecular complexity index is 1130. The van der Waals surface area contributed by atoms with Crippen LogP contribution in [0.4, 0.5) is 4.39 Å². The highest BCUT2D eigenvalue weighted by molar-refractivity contribution is 5.97. The predicted molar refractivity (Wildman–Crippen MR) is 105 cm³/mol. The molecule has 0 saturated heterocycles. The number of carbonyl (C=O) groups excluding carboxylic acids is 1. The lowest BCUT2D eigenvalue weighted by atomic mass is 10.0. The monoisotopic (exact) mass is 372 g/mol. The van der Waals surface area contributed by atoms with Gasteiger partial charge in [-0.3, -0.25) is 9.78 Å². The van der Waals surface area contributed by atoms with Crippen LogP contribution < -0.4 is 4.74 Å². The summed E-state index contributed by atoms with van der Waals surface area (Å²) in [6.45, 7) is 0.217. The third-order valence-corrected chi connectivity index (χ3v) is 4.40. The standard InChI is InChI=1S/C23H17FN2O2/c24-21-14-19(7-8-20(21)23(27)13-16-9-11-25-12-10-16)28-15-18-6-5-17-3-1-2-4-22(17)26-18/h1-12,14H,13,15H2. The average molecular weight is 372 g/mol. The van der Waals surface area contributed by atoms with Crippen LogP contribution in [0.25, 0.3) is 10.9 Å². The van der Waals surface area contributed by atoms with Crippen molar-refractivity contribution < 1.29 is 13.9 Å². The quantitative estimate of drug-likeness (QED) is 0.457. The largest absolute Gasteiger partial charge is 0.487 e. The third kappa shape index (κ3) is 4.04. The Morgan fingerprint density at radius 3 is 2.61 bits per heavy atom. The summed E-state index contributed by atoms with van der Waals surface area (Å²) in [7, 11) is 0. The minimum Gasteiger partial charge on any atom is -0.487 e. The van der Waals surface area contributed by atoms with Gasteiger partial charge in [0.25, 0.3) is 0 Å². The van der Waals surface area contributed by atoms with Gasteiger partial charge in [-0.05, 0) is 42.0 Å². The minimum absolute atomic E-state index is 0.0491. The fourth-order valence-corrected chi connectivity index (χ4v) is 2.94. The number of aromatic nitrogens is 2. The van der Waals surface area contributed by atoms with E-state index in [0.717, 1.165) is 22.2 Å². The van der Waals surface area contributed by atoms with Gasteiger partial charge in [0.2, 0.25) is 0 Å². The van der Waals surface area contributed by atoms with Gasteiger partial charge >= 0.3 is 0 Å². The van der Waals surface area contributed by atoms with E-state index in [1.807, 2.05) is 36.4 Å². The Kier molecular flexibility index (Phi) is 5.06. The molecule has 0 aliphatic heterocycles. The zero-order chi connectivity index (χ0) is 19.3. The summed E-state index contributed by atoms with van der Waals surface area (Å²) in [5, 5.41) is 1.05. The van der Waals surface area contributed by atoms with Crippen molar-refractivity contribution in [3.8, 4) is 5.75 Å². The van der Waals surface area contributed by atoms with Gasteiger partial charge in [-0.1, -0.05) is 24.3 Å². The number of ether oxygens (including phenoxy) is 1. The molecule has 2 heterocycles. The number of hydrogen-bond acceptors (Lipinski definition) is 4. The second kappa shape index (κ2) is 7.96. The highest BCUT2D eigenvalue weighted by Crippen LogP contribution is 2.20. The third-order valence-electron chi connectivity index (χ3n) is 4.40. The number of pyridine rings is 2. The molecule has 2 aromatic heterocycles. The maximum atomic E-state index is 14.4. The molecular formula is C23H17FN2O2. The van der Waals surface area contributed by atoms with Crippen molar-refractivity contribution in [1.82, 2.24) is 9.97 Å². The first-order valence-electron chi connectivity index (χ1n) is 8.88. The Hall–Kier alpha value is -3.60. The second-order valence-electron chi connectivity index (χ2n) is 6.38. The molecular weight excluding hydrogens is 355 g/mol. The van der Waals surface area contributed by atoms with E-state index in [-0.39, 0.29) is 24.4 Å². The molecule has 0 amide bonds. The predicted octanol–water partition coefficient (Wildman–Crippen LogP) is 4.77. The zero-order valence-corrected chi connectivity index (χ0v) is 15.0. The summed E-state index contributed by atoms with van der Waals surface area (Å²) in [6, 6.07) is 19.4. The summed E-state index contributed by atoms with van der Waals surface area (Å²) < 4.78 is 20.1. The first-order valence-corrected chi connectivity index (χ1v) is 8.88. The number of rotatable bonds is 6. The average Bonchev–Trinajstić information content (AvgIpc) is 2.73. The molecule has 0 aliphatic carbocycles. The molecule has 0 fully saturated rings. The summed E-state index contributed by atoms with van der Waals surface area (Å²) in [4.78, 5) is 20.8. The summed E-state index contributed by atoms with van der Waals surface area (Å²) in [5.74, 6) is -0.526. The molecule has 0 spiro atoms. The molecule has 0 aliphatic rings. The zero-order valence-electron chi connectivity index (χ0n) is 15.0. The van der Waals surface area contributed by atoms with Crippen molar-refractivity contribution in [2.75, 3.05) is 0 Å². The lowest BCUT2D eigenvalue weighted by Crippen LogP contribution is -2.07. The molecule has 4 rings (SSSR count). The van der Waals surface area contributed by atoms with E-state index in [1.165, 1.54) is 12.1 Å². The molecule has 0 bridgehead atoms. The number of para-hydroxylation sites is 1. The number of nitrogens with zero attached hydrogens (tertiary/aromatic N) is 2. The minimum atomic E-state index is -0.594. The van der Waals surface area contributed by atoms with E-state index in [4.69, 9.17) is 4.74 Å². The van der Waals surface area contributed by atoms with Gasteiger partial charge in [-0.15, -0.1) is 0 Å². The topological polar surface area (TPSA) is 52.1 Å². The SMILES string of the molecule is O=C(Cc1ccncc1)c1ccc(OCc2ccc3ccccc3n2)cc1F. The van der Waals surface area contributed by atoms with Crippen molar-refractivity contribution in [2.24, 2.45) is 0 Å². The van der Waals surface area contributed by atoms with E-state index >= 15 is 0 Å². The number of Topliss-reactive ketones (excluding diaryl/α,β-unsaturated/α-hetero) is 1. The molecule has 2 aromatic carbocycles. The number of benzene rings is 2. The Morgan fingerprint density at radius 2 is 1.79 bits per heavy atom. The fraction of sp³-hybridized carbons (Fsp3) is 0.0870. The van der Waals surface area contributed by atoms with E-state index in [1.54, 1.807) is 30.6 Å². The van der Waals surface area contributed by atoms with E-state index in [2.05, 4.69) is 9.97 Å². The fourth-order valence-electron chi connectivity index (χ4n) is 2.94. The van der Waals surface area contributed by atoms with Crippen LogP contribution >= 0.6 is 0 Å². The molecule has 5 heteroatoms. The van der Waals surface area contributed by atoms with Gasteiger partial charge in [0.1, 0.15) is 18.2 Å². The number of ketones is 1. The van der Waals surface area contributed by atoms with E-state index < -0.39 is 5.82 Å². The second-order valence-corrected chi connectivity index (χ2v) is 6.38. The Morgan fingerprint density at radius 1 is 0.964 bits per heavy atom. The molecule has 28 heavy (non-hydrogen) atoms. The summed E-state index contributed by atoms with van der Waals surface area (Å²) in [6.07, 6.45) is 3.34. The molecule has 0 N–H and O–H groups in total. The van der Waals surface area contributed by atoms with Crippen LogP contribution in [0.2, 0.25) is 0 Å². The van der Waals surface area contributed by atoms with E-state index in [0.29, 0.717) is 5.75 Å². The van der Waals surface area contributed by atoms with Crippen molar-refractivity contribution in [2.45, 2.75) is 13.0 Å². The van der Waals surface area contributed by atoms with Crippen LogP contribution in [0.3, 0.4) is 0 Å². The number of hydrogen-bond donors (Lipinski definition) is 0. The molecule has 4 nitrogen and oxygen atoms in total. The Labute approximate surface area is 161 Å². The van der Waals surface area contributed by atoms with Crippen LogP contribution in [-0.2, 0) is 13.0 Å². The molecule has 0 unspecified atom stereocenters. The van der Waals surface area contributed by atoms with Gasteiger partial charge in [0.05, 0.1) is 16.8 Å². The maximum Gasteiger partial charge on any atom is 0.170 e. The van der Waals surface area contributed by atoms with Crippen molar-refractivity contribution in [3.05, 3.63) is 102 Å². The molecule has 0 radical (unpaired) electrons. The van der Waals surface area contributed by atoms with Crippen LogP contribution in [0.1, 0.15) is 21.6 Å². The van der Waals surface area contributed by atoms with Crippen molar-refractivity contribution >= 4 is 16.7 Å². The summed E-state index contributed by atoms with van der Waals surface area (Å²) >= 11 is 0. The first kappa shape index (κ1) is 17.8. The molecule has 138 valence electrons.